The molecular weight excluding hydrogens is 520 g/mol. The molecule has 0 unspecified atom stereocenters. The highest BCUT2D eigenvalue weighted by atomic mass is 16.6. The van der Waals surface area contributed by atoms with Crippen molar-refractivity contribution < 1.29 is 38.1 Å². The fourth-order valence-corrected chi connectivity index (χ4v) is 5.90. The van der Waals surface area contributed by atoms with Gasteiger partial charge in [-0.15, -0.1) is 0 Å². The maximum Gasteiger partial charge on any atom is 0.417 e. The lowest BCUT2D eigenvalue weighted by atomic mass is 9.86. The van der Waals surface area contributed by atoms with E-state index in [-0.39, 0.29) is 35.9 Å². The van der Waals surface area contributed by atoms with Gasteiger partial charge in [0.15, 0.2) is 0 Å². The first-order valence-corrected chi connectivity index (χ1v) is 15.0. The zero-order valence-corrected chi connectivity index (χ0v) is 23.6. The summed E-state index contributed by atoms with van der Waals surface area (Å²) in [5.41, 5.74) is 0. The van der Waals surface area contributed by atoms with Gasteiger partial charge in [0.25, 0.3) is 0 Å². The van der Waals surface area contributed by atoms with Crippen LogP contribution in [0.5, 0.6) is 0 Å². The molecule has 4 aliphatic rings. The molecule has 2 saturated heterocycles. The van der Waals surface area contributed by atoms with Crippen LogP contribution in [0.1, 0.15) is 51.4 Å². The molecule has 0 atom stereocenters. The standard InChI is InChI=1S/C28H46N4O8/c33-25(29-9-11-31-13-17-37-18-14-31)21-1-5-23(6-2-21)39-27(35)28(36)40-24-7-3-22(4-8-24)26(34)30-10-12-32-15-19-38-20-16-32/h21-24H,1-20H2,(H,29,33)(H,30,34). The van der Waals surface area contributed by atoms with Crippen molar-refractivity contribution in [2.24, 2.45) is 11.8 Å². The van der Waals surface area contributed by atoms with Crippen LogP contribution in [0.3, 0.4) is 0 Å². The van der Waals surface area contributed by atoms with Crippen molar-refractivity contribution in [3.63, 3.8) is 0 Å². The Morgan fingerprint density at radius 3 is 1.27 bits per heavy atom. The van der Waals surface area contributed by atoms with Crippen LogP contribution >= 0.6 is 0 Å². The number of hydrogen-bond acceptors (Lipinski definition) is 10. The molecular formula is C28H46N4O8. The maximum absolute atomic E-state index is 12.5. The maximum atomic E-state index is 12.5. The molecule has 2 N–H and O–H groups in total. The zero-order valence-electron chi connectivity index (χ0n) is 23.6. The third-order valence-corrected chi connectivity index (χ3v) is 8.47. The van der Waals surface area contributed by atoms with Gasteiger partial charge in [-0.1, -0.05) is 0 Å². The zero-order chi connectivity index (χ0) is 28.2. The van der Waals surface area contributed by atoms with Gasteiger partial charge in [0, 0.05) is 64.2 Å². The van der Waals surface area contributed by atoms with Crippen LogP contribution in [-0.2, 0) is 38.1 Å². The molecule has 0 aromatic heterocycles. The summed E-state index contributed by atoms with van der Waals surface area (Å²) in [6.07, 6.45) is 3.91. The number of amides is 2. The number of carbonyl (C=O) groups excluding carboxylic acids is 4. The summed E-state index contributed by atoms with van der Waals surface area (Å²) in [4.78, 5) is 54.3. The van der Waals surface area contributed by atoms with E-state index in [1.165, 1.54) is 0 Å². The number of hydrogen-bond donors (Lipinski definition) is 2. The summed E-state index contributed by atoms with van der Waals surface area (Å²) in [5, 5.41) is 6.04. The topological polar surface area (TPSA) is 136 Å². The van der Waals surface area contributed by atoms with E-state index in [1.807, 2.05) is 0 Å². The number of nitrogens with one attached hydrogen (secondary N) is 2. The van der Waals surface area contributed by atoms with E-state index in [4.69, 9.17) is 18.9 Å². The highest BCUT2D eigenvalue weighted by Crippen LogP contribution is 2.28. The Bertz CT molecular complexity index is 762. The van der Waals surface area contributed by atoms with E-state index < -0.39 is 11.9 Å². The molecule has 0 aromatic carbocycles. The van der Waals surface area contributed by atoms with E-state index in [1.54, 1.807) is 0 Å². The molecule has 2 amide bonds. The van der Waals surface area contributed by atoms with Gasteiger partial charge in [0.1, 0.15) is 12.2 Å². The number of nitrogens with zero attached hydrogens (tertiary/aromatic N) is 2. The lowest BCUT2D eigenvalue weighted by Crippen LogP contribution is -2.43. The quantitative estimate of drug-likeness (QED) is 0.277. The normalized spacial score (nSPS) is 28.3. The third-order valence-electron chi connectivity index (χ3n) is 8.47. The molecule has 226 valence electrons. The second-order valence-electron chi connectivity index (χ2n) is 11.2. The summed E-state index contributed by atoms with van der Waals surface area (Å²) in [5.74, 6) is -2.06. The molecule has 0 bridgehead atoms. The number of rotatable bonds is 10. The van der Waals surface area contributed by atoms with Crippen LogP contribution in [0.25, 0.3) is 0 Å². The highest BCUT2D eigenvalue weighted by Gasteiger charge is 2.33. The van der Waals surface area contributed by atoms with Gasteiger partial charge in [0.2, 0.25) is 11.8 Å². The first kappa shape index (κ1) is 30.7. The van der Waals surface area contributed by atoms with Gasteiger partial charge >= 0.3 is 11.9 Å². The molecule has 0 aromatic rings. The molecule has 2 heterocycles. The van der Waals surface area contributed by atoms with Crippen LogP contribution in [0.15, 0.2) is 0 Å². The lowest BCUT2D eigenvalue weighted by Gasteiger charge is -2.30. The Morgan fingerprint density at radius 2 is 0.925 bits per heavy atom. The van der Waals surface area contributed by atoms with Gasteiger partial charge in [-0.25, -0.2) is 9.59 Å². The van der Waals surface area contributed by atoms with Gasteiger partial charge in [0.05, 0.1) is 26.4 Å². The first-order chi connectivity index (χ1) is 19.5. The SMILES string of the molecule is O=C(OC1CCC(C(=O)NCCN2CCOCC2)CC1)C(=O)OC1CCC(C(=O)NCCN2CCOCC2)CC1. The number of carbonyl (C=O) groups is 4. The van der Waals surface area contributed by atoms with E-state index in [9.17, 15) is 19.2 Å². The molecule has 2 aliphatic carbocycles. The highest BCUT2D eigenvalue weighted by molar-refractivity contribution is 6.29. The molecule has 4 fully saturated rings. The average molecular weight is 567 g/mol. The van der Waals surface area contributed by atoms with Crippen LogP contribution in [-0.4, -0.2) is 125 Å². The summed E-state index contributed by atoms with van der Waals surface area (Å²) < 4.78 is 21.5. The predicted octanol–water partition coefficient (Wildman–Crippen LogP) is 0.0872. The summed E-state index contributed by atoms with van der Waals surface area (Å²) in [6, 6.07) is 0. The Morgan fingerprint density at radius 1 is 0.575 bits per heavy atom. The minimum atomic E-state index is -0.971. The fraction of sp³-hybridized carbons (Fsp3) is 0.857. The Labute approximate surface area is 236 Å². The summed E-state index contributed by atoms with van der Waals surface area (Å²) in [7, 11) is 0. The predicted molar refractivity (Wildman–Crippen MR) is 144 cm³/mol. The van der Waals surface area contributed by atoms with Crippen molar-refractivity contribution in [3.05, 3.63) is 0 Å². The van der Waals surface area contributed by atoms with Crippen LogP contribution in [0, 0.1) is 11.8 Å². The summed E-state index contributed by atoms with van der Waals surface area (Å²) >= 11 is 0. The van der Waals surface area contributed by atoms with Crippen LogP contribution < -0.4 is 10.6 Å². The molecule has 12 heteroatoms. The first-order valence-electron chi connectivity index (χ1n) is 15.0. The Balaban J connectivity index is 1.04. The second kappa shape index (κ2) is 16.2. The van der Waals surface area contributed by atoms with E-state index in [0.717, 1.165) is 65.7 Å². The number of esters is 2. The Hall–Kier alpha value is -2.28. The van der Waals surface area contributed by atoms with Crippen molar-refractivity contribution in [1.82, 2.24) is 20.4 Å². The molecule has 0 spiro atoms. The van der Waals surface area contributed by atoms with Crippen molar-refractivity contribution >= 4 is 23.8 Å². The van der Waals surface area contributed by atoms with Gasteiger partial charge < -0.3 is 29.6 Å². The summed E-state index contributed by atoms with van der Waals surface area (Å²) in [6.45, 7) is 9.37. The number of ether oxygens (including phenoxy) is 4. The second-order valence-corrected chi connectivity index (χ2v) is 11.2. The van der Waals surface area contributed by atoms with Gasteiger partial charge in [-0.3, -0.25) is 19.4 Å². The largest absolute Gasteiger partial charge is 0.454 e. The van der Waals surface area contributed by atoms with E-state index in [2.05, 4.69) is 20.4 Å². The Kier molecular flexibility index (Phi) is 12.4. The number of morpholine rings is 2. The lowest BCUT2D eigenvalue weighted by molar-refractivity contribution is -0.176. The van der Waals surface area contributed by atoms with Crippen molar-refractivity contribution in [2.75, 3.05) is 78.8 Å². The van der Waals surface area contributed by atoms with Crippen LogP contribution in [0.2, 0.25) is 0 Å². The average Bonchev–Trinajstić information content (AvgIpc) is 2.99. The van der Waals surface area contributed by atoms with Crippen LogP contribution in [0.4, 0.5) is 0 Å². The molecule has 2 aliphatic heterocycles. The molecule has 2 saturated carbocycles. The molecule has 0 radical (unpaired) electrons. The third kappa shape index (κ3) is 9.97. The monoisotopic (exact) mass is 566 g/mol. The minimum absolute atomic E-state index is 0.0406. The van der Waals surface area contributed by atoms with Gasteiger partial charge in [-0.05, 0) is 51.4 Å². The van der Waals surface area contributed by atoms with E-state index in [0.29, 0.717) is 64.5 Å². The van der Waals surface area contributed by atoms with Crippen molar-refractivity contribution in [3.8, 4) is 0 Å². The van der Waals surface area contributed by atoms with Crippen molar-refractivity contribution in [1.29, 1.82) is 0 Å². The van der Waals surface area contributed by atoms with Gasteiger partial charge in [-0.2, -0.15) is 0 Å². The smallest absolute Gasteiger partial charge is 0.417 e. The molecule has 12 nitrogen and oxygen atoms in total. The fourth-order valence-electron chi connectivity index (χ4n) is 5.90. The molecule has 4 rings (SSSR count). The van der Waals surface area contributed by atoms with E-state index >= 15 is 0 Å². The van der Waals surface area contributed by atoms with Crippen molar-refractivity contribution in [2.45, 2.75) is 63.6 Å². The minimum Gasteiger partial charge on any atom is -0.454 e. The molecule has 40 heavy (non-hydrogen) atoms.